The third-order valence-electron chi connectivity index (χ3n) is 4.62. The number of nitrogens with one attached hydrogen (secondary N) is 3. The van der Waals surface area contributed by atoms with E-state index in [1.54, 1.807) is 38.1 Å². The monoisotopic (exact) mass is 467 g/mol. The van der Waals surface area contributed by atoms with E-state index in [9.17, 15) is 28.4 Å². The summed E-state index contributed by atoms with van der Waals surface area (Å²) in [6.07, 6.45) is -1.36. The smallest absolute Gasteiger partial charge is 0.408 e. The van der Waals surface area contributed by atoms with Gasteiger partial charge >= 0.3 is 12.1 Å². The van der Waals surface area contributed by atoms with Crippen LogP contribution >= 0.6 is 0 Å². The van der Waals surface area contributed by atoms with Crippen molar-refractivity contribution in [2.45, 2.75) is 51.9 Å². The lowest BCUT2D eigenvalue weighted by Gasteiger charge is -2.24. The standard InChI is InChI=1S/C22H30FN3O7/c1-13(2)19(26-22(31)33-12-15-8-6-5-7-9-15)21(30)24-14(3)20(29)25-16(17(27)11-23)10-18(28)32-4/h5-9,13-14,16,19H,10-12H2,1-4H3,(H,24,30)(H,25,29)(H,26,31)/t14-,16-,19+/m1/s1. The van der Waals surface area contributed by atoms with Crippen LogP contribution in [0.2, 0.25) is 0 Å². The minimum Gasteiger partial charge on any atom is -0.469 e. The van der Waals surface area contributed by atoms with Crippen molar-refractivity contribution >= 4 is 29.7 Å². The summed E-state index contributed by atoms with van der Waals surface area (Å²) in [5.41, 5.74) is 0.771. The molecule has 0 radical (unpaired) electrons. The highest BCUT2D eigenvalue weighted by Gasteiger charge is 2.30. The summed E-state index contributed by atoms with van der Waals surface area (Å²) in [5.74, 6) is -3.63. The van der Waals surface area contributed by atoms with Crippen LogP contribution in [0.25, 0.3) is 0 Å². The molecule has 0 aliphatic heterocycles. The molecule has 0 fully saturated rings. The number of rotatable bonds is 12. The Morgan fingerprint density at radius 1 is 0.939 bits per heavy atom. The number of esters is 1. The van der Waals surface area contributed by atoms with Gasteiger partial charge in [0, 0.05) is 0 Å². The molecule has 1 aromatic carbocycles. The number of methoxy groups -OCH3 is 1. The quantitative estimate of drug-likeness (QED) is 0.390. The molecule has 182 valence electrons. The molecule has 33 heavy (non-hydrogen) atoms. The van der Waals surface area contributed by atoms with Gasteiger partial charge in [-0.15, -0.1) is 0 Å². The van der Waals surface area contributed by atoms with Gasteiger partial charge < -0.3 is 25.4 Å². The minimum atomic E-state index is -1.43. The summed E-state index contributed by atoms with van der Waals surface area (Å²) in [6.45, 7) is 3.36. The summed E-state index contributed by atoms with van der Waals surface area (Å²) in [6, 6.07) is 5.39. The van der Waals surface area contributed by atoms with Crippen LogP contribution in [-0.4, -0.2) is 61.6 Å². The van der Waals surface area contributed by atoms with Gasteiger partial charge in [0.05, 0.1) is 13.5 Å². The average molecular weight is 467 g/mol. The van der Waals surface area contributed by atoms with Gasteiger partial charge in [-0.3, -0.25) is 19.2 Å². The Bertz CT molecular complexity index is 833. The molecule has 10 nitrogen and oxygen atoms in total. The SMILES string of the molecule is COC(=O)C[C@@H](NC(=O)[C@@H](C)NC(=O)[C@@H](NC(=O)OCc1ccccc1)C(C)C)C(=O)CF. The van der Waals surface area contributed by atoms with Gasteiger partial charge in [-0.1, -0.05) is 44.2 Å². The number of alkyl carbamates (subject to hydrolysis) is 1. The zero-order valence-electron chi connectivity index (χ0n) is 19.1. The predicted molar refractivity (Wildman–Crippen MR) is 116 cm³/mol. The molecule has 1 rings (SSSR count). The fourth-order valence-corrected chi connectivity index (χ4v) is 2.68. The number of alkyl halides is 1. The van der Waals surface area contributed by atoms with Crippen LogP contribution in [0.1, 0.15) is 32.8 Å². The second-order valence-electron chi connectivity index (χ2n) is 7.60. The Kier molecular flexibility index (Phi) is 11.5. The molecule has 0 unspecified atom stereocenters. The Morgan fingerprint density at radius 3 is 2.12 bits per heavy atom. The lowest BCUT2D eigenvalue weighted by Crippen LogP contribution is -2.56. The van der Waals surface area contributed by atoms with Crippen LogP contribution in [0.5, 0.6) is 0 Å². The van der Waals surface area contributed by atoms with Crippen molar-refractivity contribution in [3.63, 3.8) is 0 Å². The van der Waals surface area contributed by atoms with Crippen molar-refractivity contribution in [3.05, 3.63) is 35.9 Å². The summed E-state index contributed by atoms with van der Waals surface area (Å²) < 4.78 is 22.3. The molecule has 3 atom stereocenters. The van der Waals surface area contributed by atoms with Gasteiger partial charge in [0.15, 0.2) is 5.78 Å². The molecule has 11 heteroatoms. The number of amides is 3. The molecule has 0 aliphatic carbocycles. The van der Waals surface area contributed by atoms with Crippen LogP contribution < -0.4 is 16.0 Å². The number of carbonyl (C=O) groups is 5. The number of benzene rings is 1. The molecule has 0 saturated carbocycles. The molecule has 1 aromatic rings. The third-order valence-corrected chi connectivity index (χ3v) is 4.62. The molecule has 0 saturated heterocycles. The lowest BCUT2D eigenvalue weighted by molar-refractivity contribution is -0.143. The molecule has 3 N–H and O–H groups in total. The van der Waals surface area contributed by atoms with E-state index in [4.69, 9.17) is 4.74 Å². The number of hydrogen-bond donors (Lipinski definition) is 3. The third kappa shape index (κ3) is 9.67. The largest absolute Gasteiger partial charge is 0.469 e. The minimum absolute atomic E-state index is 0.0160. The highest BCUT2D eigenvalue weighted by molar-refractivity contribution is 5.96. The van der Waals surface area contributed by atoms with Crippen LogP contribution in [-0.2, 0) is 35.3 Å². The average Bonchev–Trinajstić information content (AvgIpc) is 2.80. The topological polar surface area (TPSA) is 140 Å². The van der Waals surface area contributed by atoms with Gasteiger partial charge in [-0.05, 0) is 18.4 Å². The number of ether oxygens (including phenoxy) is 2. The second-order valence-corrected chi connectivity index (χ2v) is 7.60. The van der Waals surface area contributed by atoms with E-state index in [1.165, 1.54) is 6.92 Å². The highest BCUT2D eigenvalue weighted by atomic mass is 19.1. The Balaban J connectivity index is 2.68. The van der Waals surface area contributed by atoms with Crippen molar-refractivity contribution in [1.82, 2.24) is 16.0 Å². The van der Waals surface area contributed by atoms with Crippen molar-refractivity contribution in [1.29, 1.82) is 0 Å². The fourth-order valence-electron chi connectivity index (χ4n) is 2.68. The highest BCUT2D eigenvalue weighted by Crippen LogP contribution is 2.06. The second kappa shape index (κ2) is 13.8. The van der Waals surface area contributed by atoms with Crippen LogP contribution in [0.4, 0.5) is 9.18 Å². The van der Waals surface area contributed by atoms with Crippen LogP contribution in [0.3, 0.4) is 0 Å². The molecule has 0 heterocycles. The summed E-state index contributed by atoms with van der Waals surface area (Å²) in [7, 11) is 1.09. The molecule has 0 aromatic heterocycles. The van der Waals surface area contributed by atoms with Crippen molar-refractivity contribution in [2.75, 3.05) is 13.8 Å². The first kappa shape index (κ1) is 27.5. The zero-order chi connectivity index (χ0) is 25.0. The summed E-state index contributed by atoms with van der Waals surface area (Å²) in [4.78, 5) is 60.3. The van der Waals surface area contributed by atoms with Crippen molar-refractivity contribution in [3.8, 4) is 0 Å². The number of ketones is 1. The van der Waals surface area contributed by atoms with E-state index in [2.05, 4.69) is 20.7 Å². The zero-order valence-corrected chi connectivity index (χ0v) is 19.1. The number of Topliss-reactive ketones (excluding diaryl/α,β-unsaturated/α-hetero) is 1. The molecule has 0 aliphatic rings. The molecular formula is C22H30FN3O7. The maximum Gasteiger partial charge on any atom is 0.408 e. The van der Waals surface area contributed by atoms with E-state index < -0.39 is 60.9 Å². The van der Waals surface area contributed by atoms with E-state index >= 15 is 0 Å². The van der Waals surface area contributed by atoms with Crippen LogP contribution in [0, 0.1) is 5.92 Å². The van der Waals surface area contributed by atoms with Crippen molar-refractivity contribution in [2.24, 2.45) is 5.92 Å². The normalized spacial score (nSPS) is 13.3. The first-order valence-corrected chi connectivity index (χ1v) is 10.3. The molecular weight excluding hydrogens is 437 g/mol. The maximum atomic E-state index is 12.8. The fraction of sp³-hybridized carbons (Fsp3) is 0.500. The Morgan fingerprint density at radius 2 is 1.58 bits per heavy atom. The van der Waals surface area contributed by atoms with Gasteiger partial charge in [0.2, 0.25) is 11.8 Å². The van der Waals surface area contributed by atoms with E-state index in [0.717, 1.165) is 12.7 Å². The Hall–Kier alpha value is -3.50. The summed E-state index contributed by atoms with van der Waals surface area (Å²) in [5, 5.41) is 7.12. The number of hydrogen-bond acceptors (Lipinski definition) is 7. The molecule has 0 spiro atoms. The maximum absolute atomic E-state index is 12.8. The van der Waals surface area contributed by atoms with Gasteiger partial charge in [-0.25, -0.2) is 9.18 Å². The first-order valence-electron chi connectivity index (χ1n) is 10.3. The van der Waals surface area contributed by atoms with E-state index in [0.29, 0.717) is 0 Å². The Labute approximate surface area is 191 Å². The first-order chi connectivity index (χ1) is 15.6. The van der Waals surface area contributed by atoms with Gasteiger partial charge in [0.1, 0.15) is 31.4 Å². The number of carbonyl (C=O) groups excluding carboxylic acids is 5. The lowest BCUT2D eigenvalue weighted by atomic mass is 10.0. The van der Waals surface area contributed by atoms with Crippen molar-refractivity contribution < 1.29 is 37.8 Å². The van der Waals surface area contributed by atoms with Gasteiger partial charge in [-0.2, -0.15) is 0 Å². The molecule has 3 amide bonds. The van der Waals surface area contributed by atoms with E-state index in [-0.39, 0.29) is 12.5 Å². The van der Waals surface area contributed by atoms with E-state index in [1.807, 2.05) is 6.07 Å². The summed E-state index contributed by atoms with van der Waals surface area (Å²) >= 11 is 0. The van der Waals surface area contributed by atoms with Crippen LogP contribution in [0.15, 0.2) is 30.3 Å². The van der Waals surface area contributed by atoms with Gasteiger partial charge in [0.25, 0.3) is 0 Å². The number of halogens is 1. The predicted octanol–water partition coefficient (Wildman–Crippen LogP) is 1.03. The molecule has 0 bridgehead atoms.